The maximum atomic E-state index is 15.0. The zero-order chi connectivity index (χ0) is 38.3. The highest BCUT2D eigenvalue weighted by atomic mass is 19.1. The fourth-order valence-electron chi connectivity index (χ4n) is 7.65. The first kappa shape index (κ1) is 34.0. The Labute approximate surface area is 328 Å². The summed E-state index contributed by atoms with van der Waals surface area (Å²) in [4.78, 5) is 14.9. The first-order valence-electron chi connectivity index (χ1n) is 18.7. The molecule has 10 aromatic rings. The van der Waals surface area contributed by atoms with Crippen LogP contribution in [0.15, 0.2) is 194 Å². The normalized spacial score (nSPS) is 11.3. The number of hydrogen-bond donors (Lipinski definition) is 0. The van der Waals surface area contributed by atoms with Gasteiger partial charge in [0.15, 0.2) is 17.5 Å². The molecule has 0 fully saturated rings. The highest BCUT2D eigenvalue weighted by Gasteiger charge is 2.21. The molecule has 0 atom stereocenters. The van der Waals surface area contributed by atoms with E-state index >= 15 is 0 Å². The molecule has 0 bridgehead atoms. The van der Waals surface area contributed by atoms with E-state index in [2.05, 4.69) is 65.2 Å². The van der Waals surface area contributed by atoms with Crippen molar-refractivity contribution in [3.05, 3.63) is 206 Å². The van der Waals surface area contributed by atoms with E-state index in [-0.39, 0.29) is 0 Å². The summed E-state index contributed by atoms with van der Waals surface area (Å²) in [6, 6.07) is 62.8. The van der Waals surface area contributed by atoms with Crippen molar-refractivity contribution in [1.29, 1.82) is 0 Å². The zero-order valence-electron chi connectivity index (χ0n) is 30.5. The zero-order valence-corrected chi connectivity index (χ0v) is 30.5. The highest BCUT2D eigenvalue weighted by molar-refractivity contribution is 6.12. The molecule has 0 unspecified atom stereocenters. The minimum Gasteiger partial charge on any atom is -0.309 e. The van der Waals surface area contributed by atoms with Gasteiger partial charge in [-0.25, -0.2) is 23.7 Å². The van der Waals surface area contributed by atoms with Gasteiger partial charge < -0.3 is 4.57 Å². The van der Waals surface area contributed by atoms with Gasteiger partial charge in [-0.2, -0.15) is 0 Å². The molecular formula is C51H32F2N4. The van der Waals surface area contributed by atoms with E-state index in [1.807, 2.05) is 115 Å². The fourth-order valence-corrected chi connectivity index (χ4v) is 7.65. The van der Waals surface area contributed by atoms with Crippen LogP contribution >= 0.6 is 0 Å². The third-order valence-corrected chi connectivity index (χ3v) is 10.3. The topological polar surface area (TPSA) is 43.6 Å². The lowest BCUT2D eigenvalue weighted by atomic mass is 10.00. The number of benzene rings is 8. The van der Waals surface area contributed by atoms with Gasteiger partial charge in [0.2, 0.25) is 0 Å². The summed E-state index contributed by atoms with van der Waals surface area (Å²) < 4.78 is 32.2. The van der Waals surface area contributed by atoms with Crippen molar-refractivity contribution in [2.75, 3.05) is 0 Å². The smallest absolute Gasteiger partial charge is 0.164 e. The van der Waals surface area contributed by atoms with Crippen LogP contribution in [0.25, 0.3) is 95.0 Å². The average Bonchev–Trinajstić information content (AvgIpc) is 3.60. The molecule has 270 valence electrons. The van der Waals surface area contributed by atoms with Crippen LogP contribution in [0.2, 0.25) is 0 Å². The number of halogens is 2. The minimum atomic E-state index is -0.653. The monoisotopic (exact) mass is 738 g/mol. The van der Waals surface area contributed by atoms with Gasteiger partial charge in [-0.3, -0.25) is 0 Å². The van der Waals surface area contributed by atoms with E-state index in [9.17, 15) is 8.78 Å². The van der Waals surface area contributed by atoms with Crippen LogP contribution in [-0.2, 0) is 0 Å². The van der Waals surface area contributed by atoms with Gasteiger partial charge in [-0.1, -0.05) is 146 Å². The molecular weight excluding hydrogens is 707 g/mol. The molecule has 2 aromatic heterocycles. The molecule has 10 rings (SSSR count). The Morgan fingerprint density at radius 1 is 0.316 bits per heavy atom. The van der Waals surface area contributed by atoms with Crippen molar-refractivity contribution in [1.82, 2.24) is 19.5 Å². The quantitative estimate of drug-likeness (QED) is 0.164. The maximum absolute atomic E-state index is 15.0. The summed E-state index contributed by atoms with van der Waals surface area (Å²) in [6.07, 6.45) is 0. The highest BCUT2D eigenvalue weighted by Crippen LogP contribution is 2.41. The third-order valence-electron chi connectivity index (χ3n) is 10.3. The Hall–Kier alpha value is -7.57. The number of aromatic nitrogens is 4. The standard InChI is InChI=1S/C51H32F2N4/c52-41-27-40(28-42(53)32-41)43-24-21-39(51-55-49(35-17-9-3-10-18-35)54-50(56-51)36-19-11-4-12-20-36)31-48(43)57-46-25-22-37(33-13-5-1-6-14-33)29-44(46)45-30-38(23-26-47(45)57)34-15-7-2-8-16-34/h1-32H. The maximum Gasteiger partial charge on any atom is 0.164 e. The van der Waals surface area contributed by atoms with Gasteiger partial charge in [0.05, 0.1) is 16.7 Å². The van der Waals surface area contributed by atoms with E-state index in [4.69, 9.17) is 15.0 Å². The summed E-state index contributed by atoms with van der Waals surface area (Å²) in [5, 5.41) is 2.09. The summed E-state index contributed by atoms with van der Waals surface area (Å²) in [5.74, 6) is 0.242. The van der Waals surface area contributed by atoms with Crippen molar-refractivity contribution < 1.29 is 8.78 Å². The number of nitrogens with zero attached hydrogens (tertiary/aromatic N) is 4. The summed E-state index contributed by atoms with van der Waals surface area (Å²) in [6.45, 7) is 0. The molecule has 8 aromatic carbocycles. The number of rotatable bonds is 7. The third kappa shape index (κ3) is 6.43. The lowest BCUT2D eigenvalue weighted by molar-refractivity contribution is 0.584. The van der Waals surface area contributed by atoms with Gasteiger partial charge >= 0.3 is 0 Å². The molecule has 0 saturated heterocycles. The predicted molar refractivity (Wildman–Crippen MR) is 227 cm³/mol. The predicted octanol–water partition coefficient (Wildman–Crippen LogP) is 13.2. The lowest BCUT2D eigenvalue weighted by Gasteiger charge is -2.17. The first-order chi connectivity index (χ1) is 28.1. The Bertz CT molecular complexity index is 2900. The van der Waals surface area contributed by atoms with Crippen molar-refractivity contribution in [2.45, 2.75) is 0 Å². The number of fused-ring (bicyclic) bond motifs is 3. The van der Waals surface area contributed by atoms with E-state index < -0.39 is 11.6 Å². The summed E-state index contributed by atoms with van der Waals surface area (Å²) >= 11 is 0. The van der Waals surface area contributed by atoms with Crippen LogP contribution in [0, 0.1) is 11.6 Å². The Morgan fingerprint density at radius 3 is 1.18 bits per heavy atom. The minimum absolute atomic E-state index is 0.413. The first-order valence-corrected chi connectivity index (χ1v) is 18.7. The van der Waals surface area contributed by atoms with Crippen molar-refractivity contribution >= 4 is 21.8 Å². The Morgan fingerprint density at radius 2 is 0.719 bits per heavy atom. The van der Waals surface area contributed by atoms with Crippen LogP contribution in [0.5, 0.6) is 0 Å². The largest absolute Gasteiger partial charge is 0.309 e. The molecule has 0 spiro atoms. The molecule has 0 amide bonds. The molecule has 0 aliphatic rings. The molecule has 4 nitrogen and oxygen atoms in total. The van der Waals surface area contributed by atoms with Crippen molar-refractivity contribution in [3.8, 4) is 73.2 Å². The van der Waals surface area contributed by atoms with E-state index in [1.165, 1.54) is 12.1 Å². The van der Waals surface area contributed by atoms with Crippen molar-refractivity contribution in [3.63, 3.8) is 0 Å². The van der Waals surface area contributed by atoms with Gasteiger partial charge in [0.1, 0.15) is 11.6 Å². The van der Waals surface area contributed by atoms with E-state index in [0.29, 0.717) is 28.6 Å². The molecule has 0 radical (unpaired) electrons. The second-order valence-electron chi connectivity index (χ2n) is 14.0. The lowest BCUT2D eigenvalue weighted by Crippen LogP contribution is -2.02. The van der Waals surface area contributed by atoms with E-state index in [0.717, 1.165) is 72.5 Å². The van der Waals surface area contributed by atoms with Gasteiger partial charge in [-0.15, -0.1) is 0 Å². The van der Waals surface area contributed by atoms with Crippen LogP contribution in [0.1, 0.15) is 0 Å². The van der Waals surface area contributed by atoms with Gasteiger partial charge in [-0.05, 0) is 70.3 Å². The molecule has 6 heteroatoms. The molecule has 2 heterocycles. The molecule has 0 aliphatic carbocycles. The molecule has 0 N–H and O–H groups in total. The van der Waals surface area contributed by atoms with Crippen LogP contribution in [-0.4, -0.2) is 19.5 Å². The second kappa shape index (κ2) is 14.3. The van der Waals surface area contributed by atoms with Crippen LogP contribution in [0.4, 0.5) is 8.78 Å². The molecule has 0 saturated carbocycles. The van der Waals surface area contributed by atoms with Gasteiger partial charge in [0, 0.05) is 39.1 Å². The van der Waals surface area contributed by atoms with Crippen LogP contribution < -0.4 is 0 Å². The summed E-state index contributed by atoms with van der Waals surface area (Å²) in [7, 11) is 0. The van der Waals surface area contributed by atoms with Crippen molar-refractivity contribution in [2.24, 2.45) is 0 Å². The van der Waals surface area contributed by atoms with E-state index in [1.54, 1.807) is 0 Å². The summed E-state index contributed by atoms with van der Waals surface area (Å²) in [5.41, 5.74) is 10.5. The number of hydrogen-bond acceptors (Lipinski definition) is 3. The molecule has 0 aliphatic heterocycles. The fraction of sp³-hybridized carbons (Fsp3) is 0. The van der Waals surface area contributed by atoms with Gasteiger partial charge in [0.25, 0.3) is 0 Å². The molecule has 57 heavy (non-hydrogen) atoms. The Kier molecular flexibility index (Phi) is 8.49. The van der Waals surface area contributed by atoms with Crippen LogP contribution in [0.3, 0.4) is 0 Å². The average molecular weight is 739 g/mol. The SMILES string of the molecule is Fc1cc(F)cc(-c2ccc(-c3nc(-c4ccccc4)nc(-c4ccccc4)n3)cc2-n2c3ccc(-c4ccccc4)cc3c3cc(-c4ccccc4)ccc32)c1. The second-order valence-corrected chi connectivity index (χ2v) is 14.0. The Balaban J connectivity index is 1.26.